The molecule has 0 aliphatic rings. The lowest BCUT2D eigenvalue weighted by molar-refractivity contribution is -0.121. The molecular formula is C18H20N4O2. The Morgan fingerprint density at radius 3 is 2.79 bits per heavy atom. The molecule has 6 heteroatoms. The van der Waals surface area contributed by atoms with Crippen molar-refractivity contribution in [2.75, 3.05) is 11.9 Å². The zero-order chi connectivity index (χ0) is 17.1. The van der Waals surface area contributed by atoms with E-state index >= 15 is 0 Å². The Balaban J connectivity index is 1.71. The van der Waals surface area contributed by atoms with E-state index in [0.29, 0.717) is 5.92 Å². The third-order valence-corrected chi connectivity index (χ3v) is 3.83. The van der Waals surface area contributed by atoms with Gasteiger partial charge in [-0.05, 0) is 41.3 Å². The van der Waals surface area contributed by atoms with E-state index in [-0.39, 0.29) is 12.5 Å². The number of rotatable bonds is 5. The molecule has 1 amide bonds. The van der Waals surface area contributed by atoms with E-state index in [0.717, 1.165) is 27.8 Å². The van der Waals surface area contributed by atoms with Crippen LogP contribution < -0.4 is 10.2 Å². The Labute approximate surface area is 140 Å². The van der Waals surface area contributed by atoms with Crippen LogP contribution in [0.1, 0.15) is 30.9 Å². The van der Waals surface area contributed by atoms with Gasteiger partial charge in [0.15, 0.2) is 6.61 Å². The quantitative estimate of drug-likeness (QED) is 0.783. The molecule has 0 atom stereocenters. The van der Waals surface area contributed by atoms with Gasteiger partial charge >= 0.3 is 0 Å². The molecule has 0 saturated carbocycles. The van der Waals surface area contributed by atoms with Crippen molar-refractivity contribution in [3.05, 3.63) is 53.6 Å². The first-order valence-electron chi connectivity index (χ1n) is 7.89. The van der Waals surface area contributed by atoms with Crippen molar-refractivity contribution in [2.24, 2.45) is 0 Å². The van der Waals surface area contributed by atoms with Gasteiger partial charge in [-0.15, -0.1) is 5.10 Å². The van der Waals surface area contributed by atoms with E-state index in [2.05, 4.69) is 29.5 Å². The number of nitrogens with zero attached hydrogens (tertiary/aromatic N) is 3. The number of aromatic nitrogens is 3. The number of carbonyl (C=O) groups is 1. The SMILES string of the molecule is Cc1cccc(C(C)C)c1NC(=O)COn1nnc2ccccc21. The first-order valence-corrected chi connectivity index (χ1v) is 7.89. The molecule has 0 spiro atoms. The Kier molecular flexibility index (Phi) is 4.46. The van der Waals surface area contributed by atoms with Crippen LogP contribution in [0.3, 0.4) is 0 Å². The smallest absolute Gasteiger partial charge is 0.265 e. The topological polar surface area (TPSA) is 69.0 Å². The number of benzene rings is 2. The van der Waals surface area contributed by atoms with Crippen molar-refractivity contribution in [3.63, 3.8) is 0 Å². The maximum Gasteiger partial charge on any atom is 0.265 e. The van der Waals surface area contributed by atoms with Gasteiger partial charge in [0.1, 0.15) is 11.0 Å². The van der Waals surface area contributed by atoms with Gasteiger partial charge in [-0.1, -0.05) is 49.0 Å². The molecule has 1 N–H and O–H groups in total. The average molecular weight is 324 g/mol. The lowest BCUT2D eigenvalue weighted by Crippen LogP contribution is -2.26. The molecule has 0 radical (unpaired) electrons. The molecule has 1 aromatic heterocycles. The molecule has 0 fully saturated rings. The average Bonchev–Trinajstić information content (AvgIpc) is 2.98. The van der Waals surface area contributed by atoms with Crippen LogP contribution in [0.25, 0.3) is 11.0 Å². The third kappa shape index (κ3) is 3.22. The summed E-state index contributed by atoms with van der Waals surface area (Å²) in [5, 5.41) is 10.8. The molecule has 0 saturated heterocycles. The Hall–Kier alpha value is -2.89. The van der Waals surface area contributed by atoms with E-state index < -0.39 is 0 Å². The Morgan fingerprint density at radius 1 is 1.21 bits per heavy atom. The second-order valence-corrected chi connectivity index (χ2v) is 5.97. The predicted molar refractivity (Wildman–Crippen MR) is 92.9 cm³/mol. The highest BCUT2D eigenvalue weighted by Gasteiger charge is 2.13. The second kappa shape index (κ2) is 6.70. The van der Waals surface area contributed by atoms with Crippen molar-refractivity contribution < 1.29 is 9.63 Å². The number of para-hydroxylation sites is 2. The molecule has 0 aliphatic carbocycles. The fourth-order valence-electron chi connectivity index (χ4n) is 2.58. The van der Waals surface area contributed by atoms with Gasteiger partial charge in [-0.25, -0.2) is 0 Å². The molecule has 1 heterocycles. The summed E-state index contributed by atoms with van der Waals surface area (Å²) in [5.41, 5.74) is 4.43. The molecule has 124 valence electrons. The van der Waals surface area contributed by atoms with Crippen LogP contribution >= 0.6 is 0 Å². The lowest BCUT2D eigenvalue weighted by Gasteiger charge is -2.16. The van der Waals surface area contributed by atoms with Crippen LogP contribution in [0.5, 0.6) is 0 Å². The predicted octanol–water partition coefficient (Wildman–Crippen LogP) is 2.93. The van der Waals surface area contributed by atoms with Crippen LogP contribution in [0, 0.1) is 6.92 Å². The minimum Gasteiger partial charge on any atom is -0.385 e. The van der Waals surface area contributed by atoms with Crippen LogP contribution in [0.15, 0.2) is 42.5 Å². The number of aryl methyl sites for hydroxylation is 1. The maximum atomic E-state index is 12.3. The van der Waals surface area contributed by atoms with E-state index in [9.17, 15) is 4.79 Å². The van der Waals surface area contributed by atoms with Crippen molar-refractivity contribution >= 4 is 22.6 Å². The highest BCUT2D eigenvalue weighted by Crippen LogP contribution is 2.27. The molecule has 0 bridgehead atoms. The molecule has 0 unspecified atom stereocenters. The number of hydrogen-bond donors (Lipinski definition) is 1. The van der Waals surface area contributed by atoms with Gasteiger partial charge in [0.25, 0.3) is 5.91 Å². The summed E-state index contributed by atoms with van der Waals surface area (Å²) in [6.07, 6.45) is 0. The van der Waals surface area contributed by atoms with Crippen LogP contribution in [-0.2, 0) is 4.79 Å². The molecule has 2 aromatic carbocycles. The summed E-state index contributed by atoms with van der Waals surface area (Å²) < 4.78 is 0. The minimum atomic E-state index is -0.231. The number of amides is 1. The van der Waals surface area contributed by atoms with Gasteiger partial charge in [-0.2, -0.15) is 0 Å². The summed E-state index contributed by atoms with van der Waals surface area (Å²) in [7, 11) is 0. The summed E-state index contributed by atoms with van der Waals surface area (Å²) in [6, 6.07) is 13.4. The Bertz CT molecular complexity index is 870. The molecular weight excluding hydrogens is 304 g/mol. The lowest BCUT2D eigenvalue weighted by atomic mass is 9.98. The van der Waals surface area contributed by atoms with E-state index in [4.69, 9.17) is 4.84 Å². The van der Waals surface area contributed by atoms with Crippen LogP contribution in [0.4, 0.5) is 5.69 Å². The van der Waals surface area contributed by atoms with Gasteiger partial charge in [0, 0.05) is 5.69 Å². The number of hydrogen-bond acceptors (Lipinski definition) is 4. The van der Waals surface area contributed by atoms with Crippen molar-refractivity contribution in [1.82, 2.24) is 15.2 Å². The number of carbonyl (C=O) groups excluding carboxylic acids is 1. The van der Waals surface area contributed by atoms with Gasteiger partial charge in [-0.3, -0.25) is 4.79 Å². The van der Waals surface area contributed by atoms with Crippen LogP contribution in [0.2, 0.25) is 0 Å². The zero-order valence-corrected chi connectivity index (χ0v) is 14.0. The molecule has 3 aromatic rings. The largest absolute Gasteiger partial charge is 0.385 e. The van der Waals surface area contributed by atoms with Crippen LogP contribution in [-0.4, -0.2) is 27.7 Å². The van der Waals surface area contributed by atoms with E-state index in [1.54, 1.807) is 0 Å². The molecule has 3 rings (SSSR count). The first-order chi connectivity index (χ1) is 11.6. The number of anilines is 1. The second-order valence-electron chi connectivity index (χ2n) is 5.97. The minimum absolute atomic E-state index is 0.140. The van der Waals surface area contributed by atoms with E-state index in [1.165, 1.54) is 4.85 Å². The molecule has 0 aliphatic heterocycles. The first kappa shape index (κ1) is 16.0. The van der Waals surface area contributed by atoms with E-state index in [1.807, 2.05) is 49.4 Å². The summed E-state index contributed by atoms with van der Waals surface area (Å²) in [4.78, 5) is 19.0. The highest BCUT2D eigenvalue weighted by atomic mass is 16.7. The zero-order valence-electron chi connectivity index (χ0n) is 14.0. The maximum absolute atomic E-state index is 12.3. The van der Waals surface area contributed by atoms with Crippen molar-refractivity contribution in [1.29, 1.82) is 0 Å². The van der Waals surface area contributed by atoms with Gasteiger partial charge < -0.3 is 10.2 Å². The fraction of sp³-hybridized carbons (Fsp3) is 0.278. The molecule has 6 nitrogen and oxygen atoms in total. The third-order valence-electron chi connectivity index (χ3n) is 3.83. The summed E-state index contributed by atoms with van der Waals surface area (Å²) >= 11 is 0. The summed E-state index contributed by atoms with van der Waals surface area (Å²) in [5.74, 6) is 0.0890. The normalized spacial score (nSPS) is 11.0. The van der Waals surface area contributed by atoms with Gasteiger partial charge in [0.05, 0.1) is 0 Å². The Morgan fingerprint density at radius 2 is 2.00 bits per heavy atom. The fourth-order valence-corrected chi connectivity index (χ4v) is 2.58. The summed E-state index contributed by atoms with van der Waals surface area (Å²) in [6.45, 7) is 6.04. The highest BCUT2D eigenvalue weighted by molar-refractivity contribution is 5.93. The van der Waals surface area contributed by atoms with Crippen molar-refractivity contribution in [3.8, 4) is 0 Å². The van der Waals surface area contributed by atoms with Crippen molar-refractivity contribution in [2.45, 2.75) is 26.7 Å². The number of nitrogens with one attached hydrogen (secondary N) is 1. The standard InChI is InChI=1S/C18H20N4O2/c1-12(2)14-8-6-7-13(3)18(14)19-17(23)11-24-22-16-10-5-4-9-15(16)20-21-22/h4-10,12H,11H2,1-3H3,(H,19,23). The molecule has 24 heavy (non-hydrogen) atoms. The monoisotopic (exact) mass is 324 g/mol. The van der Waals surface area contributed by atoms with Gasteiger partial charge in [0.2, 0.25) is 0 Å². The number of fused-ring (bicyclic) bond motifs is 1.